The Morgan fingerprint density at radius 2 is 2.21 bits per heavy atom. The van der Waals surface area contributed by atoms with Crippen LogP contribution >= 0.6 is 11.3 Å². The SMILES string of the molecule is CCc1nc(CCOc2ccccc2F)sc1C#N. The molecule has 0 fully saturated rings. The van der Waals surface area contributed by atoms with Gasteiger partial charge in [-0.05, 0) is 18.6 Å². The zero-order chi connectivity index (χ0) is 13.7. The van der Waals surface area contributed by atoms with Crippen molar-refractivity contribution in [1.29, 1.82) is 5.26 Å². The highest BCUT2D eigenvalue weighted by Gasteiger charge is 2.09. The third kappa shape index (κ3) is 3.30. The molecule has 0 unspecified atom stereocenters. The van der Waals surface area contributed by atoms with E-state index in [1.54, 1.807) is 18.2 Å². The van der Waals surface area contributed by atoms with Gasteiger partial charge in [-0.1, -0.05) is 19.1 Å². The maximum absolute atomic E-state index is 13.3. The second-order valence-corrected chi connectivity index (χ2v) is 4.96. The van der Waals surface area contributed by atoms with Crippen LogP contribution in [0.15, 0.2) is 24.3 Å². The van der Waals surface area contributed by atoms with Gasteiger partial charge in [-0.15, -0.1) is 11.3 Å². The molecule has 0 bridgehead atoms. The first-order chi connectivity index (χ1) is 9.24. The number of benzene rings is 1. The molecule has 1 aromatic heterocycles. The van der Waals surface area contributed by atoms with E-state index in [1.807, 2.05) is 6.92 Å². The maximum atomic E-state index is 13.3. The van der Waals surface area contributed by atoms with Gasteiger partial charge in [-0.3, -0.25) is 0 Å². The lowest BCUT2D eigenvalue weighted by Gasteiger charge is -2.05. The number of hydrogen-bond acceptors (Lipinski definition) is 4. The van der Waals surface area contributed by atoms with E-state index in [0.29, 0.717) is 17.9 Å². The minimum Gasteiger partial charge on any atom is -0.490 e. The molecular formula is C14H13FN2OS. The zero-order valence-corrected chi connectivity index (χ0v) is 11.3. The Balaban J connectivity index is 1.95. The number of rotatable bonds is 5. The lowest BCUT2D eigenvalue weighted by Crippen LogP contribution is -2.02. The average molecular weight is 276 g/mol. The van der Waals surface area contributed by atoms with Crippen molar-refractivity contribution < 1.29 is 9.13 Å². The van der Waals surface area contributed by atoms with Crippen LogP contribution < -0.4 is 4.74 Å². The van der Waals surface area contributed by atoms with Gasteiger partial charge < -0.3 is 4.74 Å². The van der Waals surface area contributed by atoms with Crippen LogP contribution in [0.3, 0.4) is 0 Å². The summed E-state index contributed by atoms with van der Waals surface area (Å²) < 4.78 is 18.7. The van der Waals surface area contributed by atoms with Crippen molar-refractivity contribution in [2.24, 2.45) is 0 Å². The van der Waals surface area contributed by atoms with Gasteiger partial charge >= 0.3 is 0 Å². The maximum Gasteiger partial charge on any atom is 0.165 e. The molecule has 0 saturated carbocycles. The van der Waals surface area contributed by atoms with Crippen molar-refractivity contribution in [2.45, 2.75) is 19.8 Å². The van der Waals surface area contributed by atoms with Crippen molar-refractivity contribution in [3.63, 3.8) is 0 Å². The van der Waals surface area contributed by atoms with Gasteiger partial charge in [0.25, 0.3) is 0 Å². The fourth-order valence-corrected chi connectivity index (χ4v) is 2.58. The number of ether oxygens (including phenoxy) is 1. The van der Waals surface area contributed by atoms with Crippen LogP contribution in [-0.4, -0.2) is 11.6 Å². The van der Waals surface area contributed by atoms with Gasteiger partial charge in [-0.25, -0.2) is 9.37 Å². The first kappa shape index (κ1) is 13.5. The molecule has 0 N–H and O–H groups in total. The Labute approximate surface area is 115 Å². The Bertz CT molecular complexity index is 604. The van der Waals surface area contributed by atoms with Crippen molar-refractivity contribution >= 4 is 11.3 Å². The molecule has 1 aromatic carbocycles. The van der Waals surface area contributed by atoms with E-state index in [2.05, 4.69) is 11.1 Å². The lowest BCUT2D eigenvalue weighted by molar-refractivity contribution is 0.305. The largest absolute Gasteiger partial charge is 0.490 e. The van der Waals surface area contributed by atoms with E-state index in [0.717, 1.165) is 17.1 Å². The van der Waals surface area contributed by atoms with Crippen LogP contribution in [0, 0.1) is 17.1 Å². The number of nitriles is 1. The van der Waals surface area contributed by atoms with Crippen molar-refractivity contribution in [2.75, 3.05) is 6.61 Å². The van der Waals surface area contributed by atoms with Gasteiger partial charge in [-0.2, -0.15) is 5.26 Å². The summed E-state index contributed by atoms with van der Waals surface area (Å²) in [7, 11) is 0. The summed E-state index contributed by atoms with van der Waals surface area (Å²) in [6.07, 6.45) is 1.32. The van der Waals surface area contributed by atoms with E-state index in [4.69, 9.17) is 10.00 Å². The number of para-hydroxylation sites is 1. The summed E-state index contributed by atoms with van der Waals surface area (Å²) >= 11 is 1.38. The first-order valence-electron chi connectivity index (χ1n) is 6.00. The monoisotopic (exact) mass is 276 g/mol. The topological polar surface area (TPSA) is 45.9 Å². The third-order valence-corrected chi connectivity index (χ3v) is 3.65. The molecule has 0 amide bonds. The molecule has 1 heterocycles. The summed E-state index contributed by atoms with van der Waals surface area (Å²) in [5, 5.41) is 9.79. The van der Waals surface area contributed by atoms with Gasteiger partial charge in [0, 0.05) is 6.42 Å². The molecule has 0 atom stereocenters. The normalized spacial score (nSPS) is 10.2. The Hall–Kier alpha value is -1.93. The van der Waals surface area contributed by atoms with Crippen molar-refractivity contribution in [3.05, 3.63) is 45.7 Å². The fraction of sp³-hybridized carbons (Fsp3) is 0.286. The van der Waals surface area contributed by atoms with E-state index in [1.165, 1.54) is 17.4 Å². The molecule has 2 rings (SSSR count). The van der Waals surface area contributed by atoms with E-state index in [9.17, 15) is 4.39 Å². The summed E-state index contributed by atoms with van der Waals surface area (Å²) in [4.78, 5) is 5.03. The van der Waals surface area contributed by atoms with Gasteiger partial charge in [0.2, 0.25) is 0 Å². The second-order valence-electron chi connectivity index (χ2n) is 3.88. The predicted octanol–water partition coefficient (Wildman–Crippen LogP) is 3.34. The number of aromatic nitrogens is 1. The Kier molecular flexibility index (Phi) is 4.48. The number of nitrogens with zero attached hydrogens (tertiary/aromatic N) is 2. The molecule has 0 radical (unpaired) electrons. The molecule has 0 saturated heterocycles. The van der Waals surface area contributed by atoms with Crippen molar-refractivity contribution in [3.8, 4) is 11.8 Å². The number of thiazole rings is 1. The van der Waals surface area contributed by atoms with Crippen LogP contribution in [0.4, 0.5) is 4.39 Å². The molecule has 3 nitrogen and oxygen atoms in total. The molecule has 0 aliphatic rings. The Morgan fingerprint density at radius 1 is 1.42 bits per heavy atom. The van der Waals surface area contributed by atoms with Gasteiger partial charge in [0.15, 0.2) is 11.6 Å². The summed E-state index contributed by atoms with van der Waals surface area (Å²) in [6, 6.07) is 8.44. The first-order valence-corrected chi connectivity index (χ1v) is 6.82. The molecule has 19 heavy (non-hydrogen) atoms. The highest BCUT2D eigenvalue weighted by molar-refractivity contribution is 7.12. The molecule has 0 aliphatic heterocycles. The fourth-order valence-electron chi connectivity index (χ4n) is 1.64. The molecule has 98 valence electrons. The molecule has 0 spiro atoms. The van der Waals surface area contributed by atoms with Crippen LogP contribution in [0.2, 0.25) is 0 Å². The van der Waals surface area contributed by atoms with Gasteiger partial charge in [0.1, 0.15) is 10.9 Å². The van der Waals surface area contributed by atoms with Crippen LogP contribution in [-0.2, 0) is 12.8 Å². The highest BCUT2D eigenvalue weighted by Crippen LogP contribution is 2.20. The minimum atomic E-state index is -0.367. The standard InChI is InChI=1S/C14H13FN2OS/c1-2-11-13(9-16)19-14(17-11)7-8-18-12-6-4-3-5-10(12)15/h3-6H,2,7-8H2,1H3. The van der Waals surface area contributed by atoms with Gasteiger partial charge in [0.05, 0.1) is 17.3 Å². The van der Waals surface area contributed by atoms with E-state index in [-0.39, 0.29) is 11.6 Å². The Morgan fingerprint density at radius 3 is 2.84 bits per heavy atom. The third-order valence-electron chi connectivity index (χ3n) is 2.59. The number of hydrogen-bond donors (Lipinski definition) is 0. The summed E-state index contributed by atoms with van der Waals surface area (Å²) in [5.74, 6) is -0.121. The molecule has 5 heteroatoms. The lowest BCUT2D eigenvalue weighted by atomic mass is 10.3. The predicted molar refractivity (Wildman–Crippen MR) is 71.8 cm³/mol. The minimum absolute atomic E-state index is 0.246. The summed E-state index contributed by atoms with van der Waals surface area (Å²) in [5.41, 5.74) is 0.827. The van der Waals surface area contributed by atoms with E-state index < -0.39 is 0 Å². The number of halogens is 1. The van der Waals surface area contributed by atoms with E-state index >= 15 is 0 Å². The smallest absolute Gasteiger partial charge is 0.165 e. The summed E-state index contributed by atoms with van der Waals surface area (Å²) in [6.45, 7) is 2.32. The van der Waals surface area contributed by atoms with Crippen LogP contribution in [0.5, 0.6) is 5.75 Å². The second kappa shape index (κ2) is 6.30. The zero-order valence-electron chi connectivity index (χ0n) is 10.5. The van der Waals surface area contributed by atoms with Crippen LogP contribution in [0.1, 0.15) is 22.5 Å². The van der Waals surface area contributed by atoms with Crippen LogP contribution in [0.25, 0.3) is 0 Å². The molecule has 0 aliphatic carbocycles. The van der Waals surface area contributed by atoms with Crippen molar-refractivity contribution in [1.82, 2.24) is 4.98 Å². The highest BCUT2D eigenvalue weighted by atomic mass is 32.1. The number of aryl methyl sites for hydroxylation is 1. The molecule has 2 aromatic rings. The average Bonchev–Trinajstić information content (AvgIpc) is 2.83. The quantitative estimate of drug-likeness (QED) is 0.841. The molecular weight excluding hydrogens is 263 g/mol.